The van der Waals surface area contributed by atoms with Crippen LogP contribution in [-0.4, -0.2) is 36.1 Å². The molecule has 0 aromatic carbocycles. The number of aliphatic imine (C=N–C) groups is 1. The third-order valence-electron chi connectivity index (χ3n) is 2.14. The first-order chi connectivity index (χ1) is 7.50. The van der Waals surface area contributed by atoms with Crippen molar-refractivity contribution >= 4 is 27.0 Å². The van der Waals surface area contributed by atoms with Crippen LogP contribution in [-0.2, 0) is 10.0 Å². The minimum absolute atomic E-state index is 0.211. The zero-order chi connectivity index (χ0) is 11.8. The molecule has 0 radical (unpaired) electrons. The Kier molecular flexibility index (Phi) is 2.94. The fourth-order valence-corrected chi connectivity index (χ4v) is 3.90. The van der Waals surface area contributed by atoms with E-state index in [-0.39, 0.29) is 4.90 Å². The van der Waals surface area contributed by atoms with Gasteiger partial charge in [-0.05, 0) is 13.8 Å². The predicted molar refractivity (Wildman–Crippen MR) is 63.1 cm³/mol. The zero-order valence-corrected chi connectivity index (χ0v) is 10.6. The van der Waals surface area contributed by atoms with E-state index in [1.54, 1.807) is 13.8 Å². The highest BCUT2D eigenvalue weighted by atomic mass is 32.2. The zero-order valence-electron chi connectivity index (χ0n) is 8.94. The lowest BCUT2D eigenvalue weighted by Crippen LogP contribution is -2.28. The van der Waals surface area contributed by atoms with Gasteiger partial charge in [0.2, 0.25) is 0 Å². The summed E-state index contributed by atoms with van der Waals surface area (Å²) in [6.45, 7) is 3.99. The van der Waals surface area contributed by atoms with E-state index in [4.69, 9.17) is 0 Å². The fourth-order valence-electron chi connectivity index (χ4n) is 1.50. The maximum Gasteiger partial charge on any atom is 0.267 e. The highest BCUT2D eigenvalue weighted by molar-refractivity contribution is 8.15. The smallest absolute Gasteiger partial charge is 0.267 e. The van der Waals surface area contributed by atoms with Crippen molar-refractivity contribution in [2.45, 2.75) is 18.7 Å². The van der Waals surface area contributed by atoms with Crippen LogP contribution in [0.15, 0.2) is 9.89 Å². The summed E-state index contributed by atoms with van der Waals surface area (Å²) < 4.78 is 26.5. The summed E-state index contributed by atoms with van der Waals surface area (Å²) in [5.74, 6) is 0.821. The second-order valence-corrected chi connectivity index (χ2v) is 6.11. The van der Waals surface area contributed by atoms with Gasteiger partial charge in [0.25, 0.3) is 10.0 Å². The lowest BCUT2D eigenvalue weighted by Gasteiger charge is -2.06. The van der Waals surface area contributed by atoms with Gasteiger partial charge in [-0.1, -0.05) is 11.8 Å². The number of nitrogens with one attached hydrogen (secondary N) is 2. The molecule has 2 N–H and O–H groups in total. The van der Waals surface area contributed by atoms with Gasteiger partial charge < -0.3 is 0 Å². The number of sulfonamides is 1. The van der Waals surface area contributed by atoms with Crippen molar-refractivity contribution in [1.29, 1.82) is 0 Å². The molecular formula is C8H12N4O2S2. The van der Waals surface area contributed by atoms with E-state index in [0.29, 0.717) is 23.1 Å². The molecule has 0 aliphatic carbocycles. The van der Waals surface area contributed by atoms with Crippen LogP contribution in [0, 0.1) is 13.8 Å². The Bertz CT molecular complexity index is 513. The van der Waals surface area contributed by atoms with Crippen LogP contribution in [0.5, 0.6) is 0 Å². The van der Waals surface area contributed by atoms with Crippen LogP contribution >= 0.6 is 11.8 Å². The summed E-state index contributed by atoms with van der Waals surface area (Å²) >= 11 is 1.41. The van der Waals surface area contributed by atoms with Gasteiger partial charge in [-0.2, -0.15) is 5.10 Å². The van der Waals surface area contributed by atoms with E-state index in [9.17, 15) is 8.42 Å². The Balaban J connectivity index is 2.32. The van der Waals surface area contributed by atoms with Gasteiger partial charge in [0.15, 0.2) is 5.17 Å². The quantitative estimate of drug-likeness (QED) is 0.806. The predicted octanol–water partition coefficient (Wildman–Crippen LogP) is 0.408. The number of aromatic nitrogens is 2. The molecule has 1 aromatic heterocycles. The van der Waals surface area contributed by atoms with E-state index < -0.39 is 10.0 Å². The molecule has 0 saturated heterocycles. The highest BCUT2D eigenvalue weighted by Crippen LogP contribution is 2.18. The Hall–Kier alpha value is -1.02. The molecule has 2 rings (SSSR count). The molecule has 1 aliphatic rings. The number of hydrogen-bond donors (Lipinski definition) is 2. The van der Waals surface area contributed by atoms with Crippen molar-refractivity contribution in [3.05, 3.63) is 11.4 Å². The van der Waals surface area contributed by atoms with Gasteiger partial charge in [-0.3, -0.25) is 14.8 Å². The molecule has 1 aromatic rings. The first-order valence-electron chi connectivity index (χ1n) is 4.72. The molecule has 8 heteroatoms. The van der Waals surface area contributed by atoms with Gasteiger partial charge >= 0.3 is 0 Å². The molecule has 6 nitrogen and oxygen atoms in total. The Morgan fingerprint density at radius 2 is 2.19 bits per heavy atom. The number of aryl methyl sites for hydroxylation is 2. The first kappa shape index (κ1) is 11.5. The minimum atomic E-state index is -3.56. The van der Waals surface area contributed by atoms with Crippen LogP contribution in [0.1, 0.15) is 11.4 Å². The Labute approximate surface area is 98.0 Å². The molecule has 1 aliphatic heterocycles. The standard InChI is InChI=1S/C8H12N4O2S2/c1-5-7(6(2)11-10-5)16(13,14)12-8-9-3-4-15-8/h3-4H2,1-2H3,(H,9,12)(H,10,11). The van der Waals surface area contributed by atoms with E-state index in [0.717, 1.165) is 5.75 Å². The number of aromatic amines is 1. The Morgan fingerprint density at radius 3 is 2.69 bits per heavy atom. The maximum atomic E-state index is 12.0. The van der Waals surface area contributed by atoms with E-state index >= 15 is 0 Å². The molecule has 0 saturated carbocycles. The van der Waals surface area contributed by atoms with Crippen molar-refractivity contribution in [2.24, 2.45) is 4.99 Å². The van der Waals surface area contributed by atoms with Gasteiger partial charge in [-0.25, -0.2) is 8.42 Å². The largest absolute Gasteiger partial charge is 0.281 e. The molecule has 0 atom stereocenters. The molecule has 0 spiro atoms. The second-order valence-electron chi connectivity index (χ2n) is 3.40. The summed E-state index contributed by atoms with van der Waals surface area (Å²) in [4.78, 5) is 4.26. The normalized spacial score (nSPS) is 16.2. The molecule has 88 valence electrons. The van der Waals surface area contributed by atoms with Crippen molar-refractivity contribution in [2.75, 3.05) is 12.3 Å². The number of amidine groups is 1. The average Bonchev–Trinajstić information content (AvgIpc) is 2.76. The lowest BCUT2D eigenvalue weighted by atomic mass is 10.4. The summed E-state index contributed by atoms with van der Waals surface area (Å²) in [5.41, 5.74) is 1.00. The van der Waals surface area contributed by atoms with Crippen LogP contribution < -0.4 is 4.72 Å². The second kappa shape index (κ2) is 4.10. The molecular weight excluding hydrogens is 248 g/mol. The lowest BCUT2D eigenvalue weighted by molar-refractivity contribution is 0.591. The van der Waals surface area contributed by atoms with E-state index in [1.807, 2.05) is 0 Å². The molecule has 0 bridgehead atoms. The molecule has 0 fully saturated rings. The highest BCUT2D eigenvalue weighted by Gasteiger charge is 2.24. The van der Waals surface area contributed by atoms with Crippen LogP contribution in [0.4, 0.5) is 0 Å². The summed E-state index contributed by atoms with van der Waals surface area (Å²) in [6, 6.07) is 0. The van der Waals surface area contributed by atoms with Crippen LogP contribution in [0.2, 0.25) is 0 Å². The first-order valence-corrected chi connectivity index (χ1v) is 7.19. The number of nitrogens with zero attached hydrogens (tertiary/aromatic N) is 2. The van der Waals surface area contributed by atoms with Crippen molar-refractivity contribution in [1.82, 2.24) is 14.9 Å². The van der Waals surface area contributed by atoms with Gasteiger partial charge in [0.05, 0.1) is 17.9 Å². The van der Waals surface area contributed by atoms with E-state index in [1.165, 1.54) is 11.8 Å². The van der Waals surface area contributed by atoms with Crippen molar-refractivity contribution in [3.63, 3.8) is 0 Å². The molecule has 0 amide bonds. The summed E-state index contributed by atoms with van der Waals surface area (Å²) in [6.07, 6.45) is 0. The van der Waals surface area contributed by atoms with Gasteiger partial charge in [0, 0.05) is 5.75 Å². The number of thioether (sulfide) groups is 1. The summed E-state index contributed by atoms with van der Waals surface area (Å²) in [7, 11) is -3.56. The van der Waals surface area contributed by atoms with Gasteiger partial charge in [-0.15, -0.1) is 0 Å². The number of H-pyrrole nitrogens is 1. The van der Waals surface area contributed by atoms with Crippen molar-refractivity contribution < 1.29 is 8.42 Å². The minimum Gasteiger partial charge on any atom is -0.281 e. The van der Waals surface area contributed by atoms with Crippen LogP contribution in [0.25, 0.3) is 0 Å². The van der Waals surface area contributed by atoms with Crippen LogP contribution in [0.3, 0.4) is 0 Å². The third-order valence-corrected chi connectivity index (χ3v) is 4.76. The summed E-state index contributed by atoms with van der Waals surface area (Å²) in [5, 5.41) is 6.98. The number of rotatable bonds is 2. The fraction of sp³-hybridized carbons (Fsp3) is 0.500. The average molecular weight is 260 g/mol. The van der Waals surface area contributed by atoms with Gasteiger partial charge in [0.1, 0.15) is 4.90 Å². The SMILES string of the molecule is Cc1n[nH]c(C)c1S(=O)(=O)NC1=NCCS1. The van der Waals surface area contributed by atoms with Crippen molar-refractivity contribution in [3.8, 4) is 0 Å². The molecule has 2 heterocycles. The molecule has 16 heavy (non-hydrogen) atoms. The van der Waals surface area contributed by atoms with E-state index in [2.05, 4.69) is 19.9 Å². The Morgan fingerprint density at radius 1 is 1.44 bits per heavy atom. The maximum absolute atomic E-state index is 12.0. The monoisotopic (exact) mass is 260 g/mol. The third kappa shape index (κ3) is 2.07. The topological polar surface area (TPSA) is 87.2 Å². The molecule has 0 unspecified atom stereocenters. The number of hydrogen-bond acceptors (Lipinski definition) is 5.